The molecule has 6 rings (SSSR count). The molecule has 0 radical (unpaired) electrons. The molecule has 0 spiro atoms. The molecule has 0 N–H and O–H groups in total. The third-order valence-corrected chi connectivity index (χ3v) is 8.45. The Morgan fingerprint density at radius 2 is 1.54 bits per heavy atom. The van der Waals surface area contributed by atoms with Gasteiger partial charge in [-0.1, -0.05) is 42.5 Å². The number of fused-ring (bicyclic) bond motifs is 5. The number of hydrogen-bond acceptors (Lipinski definition) is 4. The smallest absolute Gasteiger partial charge is 0.220 e. The van der Waals surface area contributed by atoms with Gasteiger partial charge in [0.15, 0.2) is 17.7 Å². The van der Waals surface area contributed by atoms with Crippen LogP contribution in [0.4, 0.5) is 0 Å². The second-order valence-corrected chi connectivity index (χ2v) is 10.7. The zero-order chi connectivity index (χ0) is 27.1. The van der Waals surface area contributed by atoms with Crippen molar-refractivity contribution < 1.29 is 18.8 Å². The van der Waals surface area contributed by atoms with Crippen LogP contribution in [0.5, 0.6) is 11.5 Å². The first-order valence-corrected chi connectivity index (χ1v) is 13.8. The van der Waals surface area contributed by atoms with Crippen LogP contribution in [0.25, 0.3) is 43.6 Å². The molecule has 5 heteroatoms. The lowest BCUT2D eigenvalue weighted by molar-refractivity contribution is -0.642. The van der Waals surface area contributed by atoms with E-state index in [1.807, 2.05) is 0 Å². The summed E-state index contributed by atoms with van der Waals surface area (Å²) in [6, 6.07) is 20.1. The van der Waals surface area contributed by atoms with Gasteiger partial charge >= 0.3 is 0 Å². The number of methoxy groups -OCH3 is 2. The first-order chi connectivity index (χ1) is 19.0. The minimum Gasteiger partial charge on any atom is -0.493 e. The number of ether oxygens (including phenoxy) is 3. The van der Waals surface area contributed by atoms with Crippen molar-refractivity contribution in [3.05, 3.63) is 77.5 Å². The number of hydrogen-bond donors (Lipinski definition) is 0. The van der Waals surface area contributed by atoms with E-state index in [1.54, 1.807) is 14.2 Å². The first-order valence-electron chi connectivity index (χ1n) is 13.8. The fraction of sp³-hybridized carbons (Fsp3) is 0.324. The zero-order valence-electron chi connectivity index (χ0n) is 23.6. The van der Waals surface area contributed by atoms with Gasteiger partial charge in [0.2, 0.25) is 5.52 Å². The summed E-state index contributed by atoms with van der Waals surface area (Å²) in [5, 5.41) is 6.10. The Morgan fingerprint density at radius 3 is 2.26 bits per heavy atom. The lowest BCUT2D eigenvalue weighted by atomic mass is 9.92. The van der Waals surface area contributed by atoms with Crippen molar-refractivity contribution in [2.45, 2.75) is 20.3 Å². The van der Waals surface area contributed by atoms with E-state index in [2.05, 4.69) is 91.2 Å². The van der Waals surface area contributed by atoms with Gasteiger partial charge in [0, 0.05) is 41.4 Å². The Morgan fingerprint density at radius 1 is 0.821 bits per heavy atom. The van der Waals surface area contributed by atoms with Gasteiger partial charge in [0.25, 0.3) is 0 Å². The molecule has 4 aromatic carbocycles. The number of morpholine rings is 1. The van der Waals surface area contributed by atoms with E-state index < -0.39 is 0 Å². The molecule has 0 aliphatic carbocycles. The molecule has 5 nitrogen and oxygen atoms in total. The molecule has 1 aliphatic rings. The van der Waals surface area contributed by atoms with Gasteiger partial charge in [0.05, 0.1) is 38.2 Å². The topological polar surface area (TPSA) is 34.8 Å². The van der Waals surface area contributed by atoms with Crippen molar-refractivity contribution in [3.8, 4) is 22.6 Å². The second kappa shape index (κ2) is 10.5. The number of aromatic nitrogens is 1. The molecule has 1 aliphatic heterocycles. The molecule has 0 unspecified atom stereocenters. The summed E-state index contributed by atoms with van der Waals surface area (Å²) in [5.74, 6) is 1.50. The predicted molar refractivity (Wildman–Crippen MR) is 159 cm³/mol. The summed E-state index contributed by atoms with van der Waals surface area (Å²) >= 11 is 0. The van der Waals surface area contributed by atoms with Crippen LogP contribution in [0.2, 0.25) is 0 Å². The maximum absolute atomic E-state index is 5.98. The Kier molecular flexibility index (Phi) is 6.88. The van der Waals surface area contributed by atoms with Gasteiger partial charge in [0.1, 0.15) is 7.05 Å². The van der Waals surface area contributed by atoms with Crippen molar-refractivity contribution in [2.24, 2.45) is 7.05 Å². The molecule has 0 amide bonds. The highest BCUT2D eigenvalue weighted by Crippen LogP contribution is 2.46. The summed E-state index contributed by atoms with van der Waals surface area (Å²) < 4.78 is 19.6. The summed E-state index contributed by atoms with van der Waals surface area (Å²) in [6.07, 6.45) is 3.29. The van der Waals surface area contributed by atoms with Crippen LogP contribution in [-0.2, 0) is 18.2 Å². The van der Waals surface area contributed by atoms with Gasteiger partial charge in [-0.05, 0) is 54.7 Å². The van der Waals surface area contributed by atoms with Crippen LogP contribution >= 0.6 is 0 Å². The third kappa shape index (κ3) is 4.50. The first kappa shape index (κ1) is 25.6. The molecule has 1 fully saturated rings. The fourth-order valence-electron chi connectivity index (χ4n) is 6.10. The van der Waals surface area contributed by atoms with Crippen LogP contribution < -0.4 is 14.0 Å². The van der Waals surface area contributed by atoms with E-state index >= 15 is 0 Å². The standard InChI is InChI=1S/C34H37N2O3/c1-22-6-11-26-28-13-12-27-29(33(28)35(3)21-30(26)23(22)2)20-31(37-4)34(38-5)32(27)25-9-7-24(8-10-25)14-15-36-16-18-39-19-17-36/h6-13,20-21H,14-19H2,1-5H3/q+1. The number of rotatable bonds is 6. The van der Waals surface area contributed by atoms with E-state index in [1.165, 1.54) is 38.4 Å². The van der Waals surface area contributed by atoms with Gasteiger partial charge in [-0.3, -0.25) is 4.90 Å². The molecule has 1 saturated heterocycles. The van der Waals surface area contributed by atoms with Crippen LogP contribution in [0, 0.1) is 13.8 Å². The largest absolute Gasteiger partial charge is 0.493 e. The van der Waals surface area contributed by atoms with Gasteiger partial charge in [-0.2, -0.15) is 4.57 Å². The number of nitrogens with zero attached hydrogens (tertiary/aromatic N) is 2. The Balaban J connectivity index is 1.50. The van der Waals surface area contributed by atoms with Gasteiger partial charge in [-0.15, -0.1) is 0 Å². The molecule has 39 heavy (non-hydrogen) atoms. The summed E-state index contributed by atoms with van der Waals surface area (Å²) in [7, 11) is 5.58. The predicted octanol–water partition coefficient (Wildman–Crippen LogP) is 6.15. The summed E-state index contributed by atoms with van der Waals surface area (Å²) in [4.78, 5) is 2.48. The number of aryl methyl sites for hydroxylation is 3. The molecule has 0 saturated carbocycles. The second-order valence-electron chi connectivity index (χ2n) is 10.7. The van der Waals surface area contributed by atoms with Crippen molar-refractivity contribution in [3.63, 3.8) is 0 Å². The van der Waals surface area contributed by atoms with Crippen molar-refractivity contribution in [1.29, 1.82) is 0 Å². The number of benzene rings is 4. The maximum atomic E-state index is 5.98. The molecular weight excluding hydrogens is 484 g/mol. The SMILES string of the molecule is COc1cc2c(ccc3c4ccc(C)c(C)c4c[n+](C)c23)c(-c2ccc(CCN3CCOCC3)cc2)c1OC. The molecule has 200 valence electrons. The summed E-state index contributed by atoms with van der Waals surface area (Å²) in [5.41, 5.74) is 7.35. The Hall–Kier alpha value is -3.67. The van der Waals surface area contributed by atoms with Crippen LogP contribution in [0.1, 0.15) is 16.7 Å². The van der Waals surface area contributed by atoms with Crippen LogP contribution in [0.3, 0.4) is 0 Å². The highest BCUT2D eigenvalue weighted by atomic mass is 16.5. The average Bonchev–Trinajstić information content (AvgIpc) is 2.97. The van der Waals surface area contributed by atoms with Crippen molar-refractivity contribution >= 4 is 32.4 Å². The van der Waals surface area contributed by atoms with Crippen molar-refractivity contribution in [2.75, 3.05) is 47.1 Å². The van der Waals surface area contributed by atoms with E-state index in [-0.39, 0.29) is 0 Å². The van der Waals surface area contributed by atoms with E-state index in [4.69, 9.17) is 14.2 Å². The minimum absolute atomic E-state index is 0.740. The highest BCUT2D eigenvalue weighted by Gasteiger charge is 2.23. The van der Waals surface area contributed by atoms with Gasteiger partial charge in [-0.25, -0.2) is 0 Å². The number of pyridine rings is 1. The van der Waals surface area contributed by atoms with E-state index in [0.717, 1.165) is 72.7 Å². The molecule has 2 heterocycles. The normalized spacial score (nSPS) is 14.4. The molecular formula is C34H37N2O3+. The third-order valence-electron chi connectivity index (χ3n) is 8.45. The molecule has 1 aromatic heterocycles. The molecule has 0 atom stereocenters. The van der Waals surface area contributed by atoms with E-state index in [9.17, 15) is 0 Å². The zero-order valence-corrected chi connectivity index (χ0v) is 23.6. The highest BCUT2D eigenvalue weighted by molar-refractivity contribution is 6.17. The summed E-state index contributed by atoms with van der Waals surface area (Å²) in [6.45, 7) is 9.16. The van der Waals surface area contributed by atoms with Crippen LogP contribution in [0.15, 0.2) is 60.8 Å². The molecule has 0 bridgehead atoms. The minimum atomic E-state index is 0.740. The average molecular weight is 522 g/mol. The Bertz CT molecular complexity index is 1690. The van der Waals surface area contributed by atoms with E-state index in [0.29, 0.717) is 0 Å². The maximum Gasteiger partial charge on any atom is 0.220 e. The lowest BCUT2D eigenvalue weighted by Crippen LogP contribution is -2.37. The quantitative estimate of drug-likeness (QED) is 0.198. The van der Waals surface area contributed by atoms with Crippen LogP contribution in [-0.4, -0.2) is 52.0 Å². The van der Waals surface area contributed by atoms with Crippen molar-refractivity contribution in [1.82, 2.24) is 4.90 Å². The fourth-order valence-corrected chi connectivity index (χ4v) is 6.10. The molecule has 5 aromatic rings. The Labute approximate surface area is 230 Å². The lowest BCUT2D eigenvalue weighted by Gasteiger charge is -2.26. The van der Waals surface area contributed by atoms with Gasteiger partial charge < -0.3 is 14.2 Å². The monoisotopic (exact) mass is 521 g/mol.